The van der Waals surface area contributed by atoms with Crippen LogP contribution in [0.1, 0.15) is 41.0 Å². The summed E-state index contributed by atoms with van der Waals surface area (Å²) in [7, 11) is 0. The monoisotopic (exact) mass is 312 g/mol. The molecule has 0 saturated heterocycles. The van der Waals surface area contributed by atoms with Gasteiger partial charge in [0.1, 0.15) is 5.75 Å². The van der Waals surface area contributed by atoms with Crippen molar-refractivity contribution in [2.45, 2.75) is 39.5 Å². The van der Waals surface area contributed by atoms with Gasteiger partial charge in [0.15, 0.2) is 0 Å². The van der Waals surface area contributed by atoms with Crippen molar-refractivity contribution in [3.63, 3.8) is 0 Å². The van der Waals surface area contributed by atoms with Crippen LogP contribution in [0, 0.1) is 20.8 Å². The summed E-state index contributed by atoms with van der Waals surface area (Å²) in [4.78, 5) is 11.6. The summed E-state index contributed by atoms with van der Waals surface area (Å²) in [5, 5.41) is 9.51. The van der Waals surface area contributed by atoms with Gasteiger partial charge in [-0.05, 0) is 61.9 Å². The molecule has 0 aliphatic carbocycles. The number of ether oxygens (including phenoxy) is 1. The second-order valence-corrected chi connectivity index (χ2v) is 6.01. The van der Waals surface area contributed by atoms with Gasteiger partial charge in [-0.3, -0.25) is 4.79 Å². The second kappa shape index (κ2) is 7.82. The van der Waals surface area contributed by atoms with Crippen LogP contribution in [0.2, 0.25) is 0 Å². The first-order valence-corrected chi connectivity index (χ1v) is 7.97. The van der Waals surface area contributed by atoms with Crippen LogP contribution in [-0.2, 0) is 4.79 Å². The normalized spacial score (nSPS) is 12.0. The van der Waals surface area contributed by atoms with Gasteiger partial charge in [-0.15, -0.1) is 0 Å². The molecule has 0 aliphatic heterocycles. The van der Waals surface area contributed by atoms with Gasteiger partial charge in [-0.25, -0.2) is 0 Å². The minimum Gasteiger partial charge on any atom is -0.493 e. The highest BCUT2D eigenvalue weighted by molar-refractivity contribution is 5.76. The lowest BCUT2D eigenvalue weighted by Gasteiger charge is -2.16. The first kappa shape index (κ1) is 17.1. The Morgan fingerprint density at radius 3 is 2.52 bits per heavy atom. The quantitative estimate of drug-likeness (QED) is 0.758. The molecular weight excluding hydrogens is 288 g/mol. The van der Waals surface area contributed by atoms with E-state index < -0.39 is 11.9 Å². The highest BCUT2D eigenvalue weighted by Gasteiger charge is 2.20. The summed E-state index contributed by atoms with van der Waals surface area (Å²) < 4.78 is 5.82. The Kier molecular flexibility index (Phi) is 5.80. The molecule has 0 saturated carbocycles. The molecule has 1 atom stereocenters. The molecule has 0 bridgehead atoms. The first-order valence-electron chi connectivity index (χ1n) is 7.97. The number of aliphatic carboxylic acids is 1. The Hall–Kier alpha value is -2.29. The van der Waals surface area contributed by atoms with Crippen molar-refractivity contribution in [2.24, 2.45) is 0 Å². The van der Waals surface area contributed by atoms with Crippen LogP contribution >= 0.6 is 0 Å². The van der Waals surface area contributed by atoms with Crippen LogP contribution in [0.25, 0.3) is 0 Å². The molecule has 0 aromatic heterocycles. The van der Waals surface area contributed by atoms with Crippen molar-refractivity contribution in [2.75, 3.05) is 6.61 Å². The molecule has 1 N–H and O–H groups in total. The second-order valence-electron chi connectivity index (χ2n) is 6.01. The van der Waals surface area contributed by atoms with E-state index in [4.69, 9.17) is 4.74 Å². The van der Waals surface area contributed by atoms with Crippen LogP contribution in [0.15, 0.2) is 42.5 Å². The number of aryl methyl sites for hydroxylation is 3. The van der Waals surface area contributed by atoms with Crippen molar-refractivity contribution in [1.29, 1.82) is 0 Å². The maximum atomic E-state index is 11.6. The van der Waals surface area contributed by atoms with E-state index in [1.165, 1.54) is 0 Å². The Labute approximate surface area is 137 Å². The third kappa shape index (κ3) is 4.59. The molecule has 3 nitrogen and oxygen atoms in total. The fourth-order valence-electron chi connectivity index (χ4n) is 2.72. The van der Waals surface area contributed by atoms with Gasteiger partial charge in [-0.1, -0.05) is 36.4 Å². The lowest BCUT2D eigenvalue weighted by Crippen LogP contribution is -2.14. The fourth-order valence-corrected chi connectivity index (χ4v) is 2.72. The van der Waals surface area contributed by atoms with E-state index in [0.717, 1.165) is 28.0 Å². The largest absolute Gasteiger partial charge is 0.493 e. The maximum Gasteiger partial charge on any atom is 0.310 e. The summed E-state index contributed by atoms with van der Waals surface area (Å²) in [5.41, 5.74) is 4.18. The van der Waals surface area contributed by atoms with Crippen LogP contribution in [0.3, 0.4) is 0 Å². The molecule has 2 rings (SSSR count). The van der Waals surface area contributed by atoms with E-state index in [1.807, 2.05) is 57.2 Å². The Morgan fingerprint density at radius 2 is 1.83 bits per heavy atom. The van der Waals surface area contributed by atoms with E-state index in [-0.39, 0.29) is 0 Å². The van der Waals surface area contributed by atoms with Crippen LogP contribution in [0.5, 0.6) is 5.75 Å². The fraction of sp³-hybridized carbons (Fsp3) is 0.350. The minimum absolute atomic E-state index is 0.474. The Balaban J connectivity index is 1.94. The number of carbonyl (C=O) groups is 1. The highest BCUT2D eigenvalue weighted by atomic mass is 16.5. The third-order valence-corrected chi connectivity index (χ3v) is 4.10. The van der Waals surface area contributed by atoms with Crippen LogP contribution in [0.4, 0.5) is 0 Å². The van der Waals surface area contributed by atoms with Gasteiger partial charge in [-0.2, -0.15) is 0 Å². The smallest absolute Gasteiger partial charge is 0.310 e. The summed E-state index contributed by atoms with van der Waals surface area (Å²) in [6.45, 7) is 6.53. The van der Waals surface area contributed by atoms with Crippen molar-refractivity contribution in [3.8, 4) is 5.75 Å². The molecule has 0 spiro atoms. The van der Waals surface area contributed by atoms with E-state index in [9.17, 15) is 9.90 Å². The van der Waals surface area contributed by atoms with Gasteiger partial charge in [0, 0.05) is 0 Å². The van der Waals surface area contributed by atoms with Gasteiger partial charge in [0.05, 0.1) is 12.5 Å². The molecule has 122 valence electrons. The summed E-state index contributed by atoms with van der Waals surface area (Å²) in [5.74, 6) is -0.364. The Bertz CT molecular complexity index is 676. The zero-order valence-electron chi connectivity index (χ0n) is 14.0. The number of hydrogen-bond acceptors (Lipinski definition) is 2. The lowest BCUT2D eigenvalue weighted by molar-refractivity contribution is -0.139. The molecule has 23 heavy (non-hydrogen) atoms. The molecule has 1 unspecified atom stereocenters. The number of hydrogen-bond donors (Lipinski definition) is 1. The molecule has 0 fully saturated rings. The van der Waals surface area contributed by atoms with Crippen molar-refractivity contribution >= 4 is 5.97 Å². The summed E-state index contributed by atoms with van der Waals surface area (Å²) >= 11 is 0. The average Bonchev–Trinajstić information content (AvgIpc) is 2.51. The summed E-state index contributed by atoms with van der Waals surface area (Å²) in [6.07, 6.45) is 1.28. The minimum atomic E-state index is -0.772. The Morgan fingerprint density at radius 1 is 1.09 bits per heavy atom. The molecule has 0 heterocycles. The predicted molar refractivity (Wildman–Crippen MR) is 92.2 cm³/mol. The summed E-state index contributed by atoms with van der Waals surface area (Å²) in [6, 6.07) is 13.8. The number of carboxylic acid groups (broad SMARTS) is 1. The molecule has 0 amide bonds. The van der Waals surface area contributed by atoms with Crippen molar-refractivity contribution < 1.29 is 14.6 Å². The number of rotatable bonds is 7. The van der Waals surface area contributed by atoms with E-state index in [1.54, 1.807) is 0 Å². The van der Waals surface area contributed by atoms with Gasteiger partial charge in [0.2, 0.25) is 0 Å². The lowest BCUT2D eigenvalue weighted by atomic mass is 9.91. The molecule has 2 aromatic rings. The molecule has 0 radical (unpaired) electrons. The van der Waals surface area contributed by atoms with Crippen molar-refractivity contribution in [3.05, 3.63) is 64.7 Å². The standard InChI is InChI=1S/C20H24O3/c1-14-10-11-16(3)19(13-14)23-12-6-9-18(20(21)22)17-8-5-4-7-15(17)2/h4-5,7-8,10-11,13,18H,6,9,12H2,1-3H3,(H,21,22). The molecule has 2 aromatic carbocycles. The number of carboxylic acids is 1. The van der Waals surface area contributed by atoms with Gasteiger partial charge >= 0.3 is 5.97 Å². The molecular formula is C20H24O3. The zero-order valence-corrected chi connectivity index (χ0v) is 14.0. The maximum absolute atomic E-state index is 11.6. The topological polar surface area (TPSA) is 46.5 Å². The van der Waals surface area contributed by atoms with Gasteiger partial charge in [0.25, 0.3) is 0 Å². The number of benzene rings is 2. The SMILES string of the molecule is Cc1ccc(C)c(OCCCC(C(=O)O)c2ccccc2C)c1. The van der Waals surface area contributed by atoms with Crippen LogP contribution in [-0.4, -0.2) is 17.7 Å². The van der Waals surface area contributed by atoms with E-state index in [2.05, 4.69) is 6.07 Å². The molecule has 0 aliphatic rings. The molecule has 3 heteroatoms. The van der Waals surface area contributed by atoms with E-state index in [0.29, 0.717) is 19.4 Å². The average molecular weight is 312 g/mol. The van der Waals surface area contributed by atoms with Gasteiger partial charge < -0.3 is 9.84 Å². The highest BCUT2D eigenvalue weighted by Crippen LogP contribution is 2.25. The predicted octanol–water partition coefficient (Wildman–Crippen LogP) is 4.64. The van der Waals surface area contributed by atoms with Crippen LogP contribution < -0.4 is 4.74 Å². The van der Waals surface area contributed by atoms with Crippen molar-refractivity contribution in [1.82, 2.24) is 0 Å². The zero-order chi connectivity index (χ0) is 16.8. The first-order chi connectivity index (χ1) is 11.0. The third-order valence-electron chi connectivity index (χ3n) is 4.10. The van der Waals surface area contributed by atoms with E-state index >= 15 is 0 Å².